The Bertz CT molecular complexity index is 1190. The zero-order valence-electron chi connectivity index (χ0n) is 16.1. The van der Waals surface area contributed by atoms with Gasteiger partial charge in [0.1, 0.15) is 10.6 Å². The number of anilines is 2. The zero-order valence-corrected chi connectivity index (χ0v) is 17.7. The number of aromatic nitrogens is 2. The molecule has 0 saturated heterocycles. The van der Waals surface area contributed by atoms with Crippen molar-refractivity contribution in [3.63, 3.8) is 0 Å². The van der Waals surface area contributed by atoms with Gasteiger partial charge in [0.15, 0.2) is 5.16 Å². The number of nitrogens with one attached hydrogen (secondary N) is 1. The van der Waals surface area contributed by atoms with Crippen LogP contribution in [-0.4, -0.2) is 21.6 Å². The number of aryl methyl sites for hydroxylation is 2. The van der Waals surface area contributed by atoms with E-state index in [1.165, 1.54) is 16.6 Å². The van der Waals surface area contributed by atoms with Crippen molar-refractivity contribution in [2.24, 2.45) is 0 Å². The molecule has 0 aliphatic heterocycles. The number of nitrogens with zero attached hydrogens (tertiary/aromatic N) is 2. The highest BCUT2D eigenvalue weighted by molar-refractivity contribution is 7.99. The highest BCUT2D eigenvalue weighted by Gasteiger charge is 2.14. The maximum absolute atomic E-state index is 12.6. The monoisotopic (exact) mass is 420 g/mol. The molecule has 0 radical (unpaired) electrons. The smallest absolute Gasteiger partial charge is 0.234 e. The van der Waals surface area contributed by atoms with Gasteiger partial charge >= 0.3 is 0 Å². The lowest BCUT2D eigenvalue weighted by Crippen LogP contribution is -2.15. The van der Waals surface area contributed by atoms with E-state index in [9.17, 15) is 4.79 Å². The third-order valence-corrected chi connectivity index (χ3v) is 6.60. The fourth-order valence-electron chi connectivity index (χ4n) is 3.10. The van der Waals surface area contributed by atoms with Crippen LogP contribution in [0, 0.1) is 13.8 Å². The van der Waals surface area contributed by atoms with E-state index in [1.54, 1.807) is 11.3 Å². The van der Waals surface area contributed by atoms with Crippen LogP contribution < -0.4 is 11.1 Å². The fourth-order valence-corrected chi connectivity index (χ4v) is 4.85. The zero-order chi connectivity index (χ0) is 20.4. The first-order valence-electron chi connectivity index (χ1n) is 9.13. The molecule has 5 nitrogen and oxygen atoms in total. The summed E-state index contributed by atoms with van der Waals surface area (Å²) in [5.74, 6) is 0.561. The lowest BCUT2D eigenvalue weighted by molar-refractivity contribution is -0.113. The van der Waals surface area contributed by atoms with Gasteiger partial charge in [0, 0.05) is 16.1 Å². The highest BCUT2D eigenvalue weighted by Crippen LogP contribution is 2.33. The lowest BCUT2D eigenvalue weighted by atomic mass is 10.0. The van der Waals surface area contributed by atoms with Crippen molar-refractivity contribution in [2.45, 2.75) is 19.0 Å². The van der Waals surface area contributed by atoms with Crippen LogP contribution in [0.25, 0.3) is 21.3 Å². The number of amides is 1. The van der Waals surface area contributed by atoms with E-state index in [-0.39, 0.29) is 11.7 Å². The van der Waals surface area contributed by atoms with Crippen molar-refractivity contribution in [1.29, 1.82) is 0 Å². The molecule has 0 aliphatic carbocycles. The topological polar surface area (TPSA) is 80.9 Å². The second-order valence-electron chi connectivity index (χ2n) is 6.60. The number of rotatable bonds is 5. The third-order valence-electron chi connectivity index (χ3n) is 4.65. The SMILES string of the molecule is Cc1sc2nc(SCC(=O)Nc3ccccc3-c3ccccc3)nc(N)c2c1C. The van der Waals surface area contributed by atoms with Gasteiger partial charge in [0.05, 0.1) is 11.1 Å². The molecule has 4 rings (SSSR count). The Kier molecular flexibility index (Phi) is 5.51. The van der Waals surface area contributed by atoms with Gasteiger partial charge in [-0.25, -0.2) is 9.97 Å². The van der Waals surface area contributed by atoms with E-state index in [1.807, 2.05) is 68.4 Å². The van der Waals surface area contributed by atoms with Crippen LogP contribution in [0.5, 0.6) is 0 Å². The molecule has 29 heavy (non-hydrogen) atoms. The highest BCUT2D eigenvalue weighted by atomic mass is 32.2. The molecule has 4 aromatic rings. The van der Waals surface area contributed by atoms with Crippen LogP contribution in [0.15, 0.2) is 59.8 Å². The quantitative estimate of drug-likeness (QED) is 0.339. The molecule has 1 amide bonds. The van der Waals surface area contributed by atoms with Crippen molar-refractivity contribution in [3.8, 4) is 11.1 Å². The Morgan fingerprint density at radius 1 is 1.07 bits per heavy atom. The molecular formula is C22H20N4OS2. The normalized spacial score (nSPS) is 11.0. The summed E-state index contributed by atoms with van der Waals surface area (Å²) in [7, 11) is 0. The first kappa shape index (κ1) is 19.4. The summed E-state index contributed by atoms with van der Waals surface area (Å²) in [5, 5.41) is 4.43. The molecule has 0 bridgehead atoms. The molecule has 0 unspecified atom stereocenters. The number of nitrogens with two attached hydrogens (primary N) is 1. The van der Waals surface area contributed by atoms with Crippen molar-refractivity contribution in [3.05, 3.63) is 65.0 Å². The van der Waals surface area contributed by atoms with E-state index in [0.717, 1.165) is 32.6 Å². The second-order valence-corrected chi connectivity index (χ2v) is 8.75. The minimum atomic E-state index is -0.112. The van der Waals surface area contributed by atoms with Crippen molar-refractivity contribution in [2.75, 3.05) is 16.8 Å². The molecule has 146 valence electrons. The summed E-state index contributed by atoms with van der Waals surface area (Å²) in [6.07, 6.45) is 0. The molecule has 2 aromatic carbocycles. The number of hydrogen-bond acceptors (Lipinski definition) is 6. The average Bonchev–Trinajstić information content (AvgIpc) is 3.01. The first-order chi connectivity index (χ1) is 14.0. The van der Waals surface area contributed by atoms with Crippen LogP contribution in [-0.2, 0) is 4.79 Å². The average molecular weight is 421 g/mol. The van der Waals surface area contributed by atoms with E-state index < -0.39 is 0 Å². The molecule has 2 aromatic heterocycles. The number of thiophene rings is 1. The number of benzene rings is 2. The number of carbonyl (C=O) groups excluding carboxylic acids is 1. The summed E-state index contributed by atoms with van der Waals surface area (Å²) >= 11 is 2.88. The third kappa shape index (κ3) is 4.11. The number of thioether (sulfide) groups is 1. The second kappa shape index (κ2) is 8.23. The predicted octanol–water partition coefficient (Wildman–Crippen LogP) is 5.29. The van der Waals surface area contributed by atoms with Gasteiger partial charge in [0.25, 0.3) is 0 Å². The van der Waals surface area contributed by atoms with Crippen molar-refractivity contribution in [1.82, 2.24) is 9.97 Å². The standard InChI is InChI=1S/C22H20N4OS2/c1-13-14(2)29-21-19(13)20(23)25-22(26-21)28-12-18(27)24-17-11-7-6-10-16(17)15-8-4-3-5-9-15/h3-11H,12H2,1-2H3,(H,24,27)(H2,23,25,26). The summed E-state index contributed by atoms with van der Waals surface area (Å²) in [6.45, 7) is 4.07. The van der Waals surface area contributed by atoms with Crippen molar-refractivity contribution >= 4 is 50.7 Å². The molecule has 7 heteroatoms. The lowest BCUT2D eigenvalue weighted by Gasteiger charge is -2.11. The van der Waals surface area contributed by atoms with E-state index in [2.05, 4.69) is 15.3 Å². The molecule has 0 aliphatic rings. The Labute approximate surface area is 177 Å². The van der Waals surface area contributed by atoms with Gasteiger partial charge in [-0.15, -0.1) is 11.3 Å². The van der Waals surface area contributed by atoms with Crippen LogP contribution >= 0.6 is 23.1 Å². The minimum Gasteiger partial charge on any atom is -0.383 e. The Morgan fingerprint density at radius 3 is 2.59 bits per heavy atom. The minimum absolute atomic E-state index is 0.112. The Balaban J connectivity index is 1.49. The summed E-state index contributed by atoms with van der Waals surface area (Å²) in [4.78, 5) is 23.6. The number of nitrogen functional groups attached to an aromatic ring is 1. The maximum Gasteiger partial charge on any atom is 0.234 e. The van der Waals surface area contributed by atoms with Crippen LogP contribution in [0.4, 0.5) is 11.5 Å². The van der Waals surface area contributed by atoms with Gasteiger partial charge < -0.3 is 11.1 Å². The van der Waals surface area contributed by atoms with E-state index in [4.69, 9.17) is 5.73 Å². The molecule has 2 heterocycles. The van der Waals surface area contributed by atoms with Crippen LogP contribution in [0.2, 0.25) is 0 Å². The molecule has 0 spiro atoms. The van der Waals surface area contributed by atoms with Crippen molar-refractivity contribution < 1.29 is 4.79 Å². The molecule has 0 atom stereocenters. The number of carbonyl (C=O) groups is 1. The van der Waals surface area contributed by atoms with Gasteiger partial charge in [-0.05, 0) is 31.0 Å². The first-order valence-corrected chi connectivity index (χ1v) is 10.9. The number of hydrogen-bond donors (Lipinski definition) is 2. The van der Waals surface area contributed by atoms with E-state index in [0.29, 0.717) is 11.0 Å². The Hall–Kier alpha value is -2.90. The summed E-state index contributed by atoms with van der Waals surface area (Å²) < 4.78 is 0. The van der Waals surface area contributed by atoms with Gasteiger partial charge in [0.2, 0.25) is 5.91 Å². The molecule has 3 N–H and O–H groups in total. The fraction of sp³-hybridized carbons (Fsp3) is 0.136. The Morgan fingerprint density at radius 2 is 1.79 bits per heavy atom. The van der Waals surface area contributed by atoms with Crippen LogP contribution in [0.1, 0.15) is 10.4 Å². The molecule has 0 saturated carbocycles. The van der Waals surface area contributed by atoms with Gasteiger partial charge in [-0.3, -0.25) is 4.79 Å². The summed E-state index contributed by atoms with van der Waals surface area (Å²) in [5.41, 5.74) is 10.1. The summed E-state index contributed by atoms with van der Waals surface area (Å²) in [6, 6.07) is 17.8. The van der Waals surface area contributed by atoms with Gasteiger partial charge in [-0.1, -0.05) is 60.3 Å². The predicted molar refractivity (Wildman–Crippen MR) is 123 cm³/mol. The largest absolute Gasteiger partial charge is 0.383 e. The number of fused-ring (bicyclic) bond motifs is 1. The molecular weight excluding hydrogens is 400 g/mol. The maximum atomic E-state index is 12.6. The van der Waals surface area contributed by atoms with Gasteiger partial charge in [-0.2, -0.15) is 0 Å². The number of para-hydroxylation sites is 1. The van der Waals surface area contributed by atoms with Crippen LogP contribution in [0.3, 0.4) is 0 Å². The van der Waals surface area contributed by atoms with E-state index >= 15 is 0 Å². The molecule has 0 fully saturated rings.